The number of aliphatic hydroxyl groups is 1. The quantitative estimate of drug-likeness (QED) is 0.906. The Balaban J connectivity index is 1.73. The number of hydrogen-bond donors (Lipinski definition) is 2. The maximum absolute atomic E-state index is 10.4. The molecule has 4 nitrogen and oxygen atoms in total. The van der Waals surface area contributed by atoms with E-state index in [9.17, 15) is 5.11 Å². The number of likely N-dealkylation sites (tertiary alicyclic amines) is 1. The van der Waals surface area contributed by atoms with Crippen LogP contribution in [0.25, 0.3) is 0 Å². The van der Waals surface area contributed by atoms with Gasteiger partial charge in [0.25, 0.3) is 0 Å². The fourth-order valence-electron chi connectivity index (χ4n) is 3.11. The number of aliphatic hydroxyl groups excluding tert-OH is 1. The molecule has 0 unspecified atom stereocenters. The van der Waals surface area contributed by atoms with E-state index in [2.05, 4.69) is 46.1 Å². The van der Waals surface area contributed by atoms with Gasteiger partial charge in [-0.05, 0) is 38.3 Å². The summed E-state index contributed by atoms with van der Waals surface area (Å²) in [5, 5.41) is 10.4. The Morgan fingerprint density at radius 1 is 1.33 bits per heavy atom. The Kier molecular flexibility index (Phi) is 4.36. The minimum Gasteiger partial charge on any atom is -0.391 e. The van der Waals surface area contributed by atoms with Crippen LogP contribution in [0.15, 0.2) is 36.7 Å². The molecule has 3 rings (SSSR count). The molecule has 0 amide bonds. The average molecular weight is 285 g/mol. The summed E-state index contributed by atoms with van der Waals surface area (Å²) in [5.74, 6) is 0.970. The molecule has 2 heterocycles. The Labute approximate surface area is 125 Å². The molecule has 2 atom stereocenters. The van der Waals surface area contributed by atoms with E-state index >= 15 is 0 Å². The number of nitrogens with zero attached hydrogens (tertiary/aromatic N) is 2. The Bertz CT molecular complexity index is 550. The number of aromatic amines is 1. The van der Waals surface area contributed by atoms with Crippen LogP contribution < -0.4 is 0 Å². The van der Waals surface area contributed by atoms with E-state index in [1.807, 2.05) is 6.20 Å². The molecule has 1 aliphatic rings. The van der Waals surface area contributed by atoms with Crippen molar-refractivity contribution in [2.75, 3.05) is 6.54 Å². The molecular formula is C17H23N3O. The molecule has 112 valence electrons. The van der Waals surface area contributed by atoms with Crippen molar-refractivity contribution in [3.63, 3.8) is 0 Å². The minimum atomic E-state index is -0.255. The third kappa shape index (κ3) is 3.52. The normalized spacial score (nSPS) is 23.3. The SMILES string of the molecule is Cc1ccc(C[C@H]2[C@@H](O)CCCN2Cc2ncc[nH]2)cc1. The first kappa shape index (κ1) is 14.3. The predicted molar refractivity (Wildman–Crippen MR) is 82.9 cm³/mol. The van der Waals surface area contributed by atoms with Crippen LogP contribution in [0.1, 0.15) is 29.8 Å². The van der Waals surface area contributed by atoms with Crippen LogP contribution in [0.5, 0.6) is 0 Å². The van der Waals surface area contributed by atoms with Gasteiger partial charge in [-0.25, -0.2) is 4.98 Å². The highest BCUT2D eigenvalue weighted by Crippen LogP contribution is 2.23. The molecule has 1 fully saturated rings. The second-order valence-electron chi connectivity index (χ2n) is 5.97. The van der Waals surface area contributed by atoms with Crippen LogP contribution in [0.2, 0.25) is 0 Å². The Morgan fingerprint density at radius 2 is 2.14 bits per heavy atom. The molecule has 21 heavy (non-hydrogen) atoms. The number of rotatable bonds is 4. The summed E-state index contributed by atoms with van der Waals surface area (Å²) in [6.45, 7) is 3.90. The lowest BCUT2D eigenvalue weighted by Crippen LogP contribution is -2.49. The van der Waals surface area contributed by atoms with Gasteiger partial charge in [0.05, 0.1) is 12.6 Å². The van der Waals surface area contributed by atoms with Gasteiger partial charge in [-0.2, -0.15) is 0 Å². The fraction of sp³-hybridized carbons (Fsp3) is 0.471. The highest BCUT2D eigenvalue weighted by atomic mass is 16.3. The lowest BCUT2D eigenvalue weighted by molar-refractivity contribution is 0.00562. The standard InChI is InChI=1S/C17H23N3O/c1-13-4-6-14(7-5-13)11-15-16(21)3-2-10-20(15)12-17-18-8-9-19-17/h4-9,15-16,21H,2-3,10-12H2,1H3,(H,18,19)/t15-,16-/m0/s1. The summed E-state index contributed by atoms with van der Waals surface area (Å²) >= 11 is 0. The van der Waals surface area contributed by atoms with Gasteiger partial charge in [-0.15, -0.1) is 0 Å². The number of aromatic nitrogens is 2. The van der Waals surface area contributed by atoms with Gasteiger partial charge in [0.2, 0.25) is 0 Å². The topological polar surface area (TPSA) is 52.1 Å². The van der Waals surface area contributed by atoms with E-state index in [-0.39, 0.29) is 12.1 Å². The molecule has 0 radical (unpaired) electrons. The van der Waals surface area contributed by atoms with E-state index in [1.54, 1.807) is 6.20 Å². The average Bonchev–Trinajstić information content (AvgIpc) is 2.98. The summed E-state index contributed by atoms with van der Waals surface area (Å²) in [6.07, 6.45) is 6.21. The van der Waals surface area contributed by atoms with Crippen molar-refractivity contribution in [1.29, 1.82) is 0 Å². The van der Waals surface area contributed by atoms with Crippen LogP contribution >= 0.6 is 0 Å². The van der Waals surface area contributed by atoms with E-state index in [1.165, 1.54) is 11.1 Å². The van der Waals surface area contributed by atoms with Crippen molar-refractivity contribution in [1.82, 2.24) is 14.9 Å². The molecule has 4 heteroatoms. The first-order valence-electron chi connectivity index (χ1n) is 7.68. The summed E-state index contributed by atoms with van der Waals surface area (Å²) in [7, 11) is 0. The van der Waals surface area contributed by atoms with Crippen LogP contribution in [0, 0.1) is 6.92 Å². The minimum absolute atomic E-state index is 0.173. The van der Waals surface area contributed by atoms with E-state index in [4.69, 9.17) is 0 Å². The van der Waals surface area contributed by atoms with Gasteiger partial charge in [-0.1, -0.05) is 29.8 Å². The zero-order valence-electron chi connectivity index (χ0n) is 12.5. The molecule has 0 bridgehead atoms. The molecule has 0 spiro atoms. The fourth-order valence-corrected chi connectivity index (χ4v) is 3.11. The van der Waals surface area contributed by atoms with Gasteiger partial charge >= 0.3 is 0 Å². The highest BCUT2D eigenvalue weighted by molar-refractivity contribution is 5.22. The number of benzene rings is 1. The molecule has 1 aromatic carbocycles. The molecule has 2 N–H and O–H groups in total. The van der Waals surface area contributed by atoms with Crippen molar-refractivity contribution in [2.24, 2.45) is 0 Å². The molecule has 1 aliphatic heterocycles. The van der Waals surface area contributed by atoms with Crippen LogP contribution in [-0.2, 0) is 13.0 Å². The highest BCUT2D eigenvalue weighted by Gasteiger charge is 2.30. The summed E-state index contributed by atoms with van der Waals surface area (Å²) < 4.78 is 0. The van der Waals surface area contributed by atoms with Gasteiger partial charge < -0.3 is 10.1 Å². The second-order valence-corrected chi connectivity index (χ2v) is 5.97. The lowest BCUT2D eigenvalue weighted by atomic mass is 9.92. The number of hydrogen-bond acceptors (Lipinski definition) is 3. The van der Waals surface area contributed by atoms with Crippen molar-refractivity contribution < 1.29 is 5.11 Å². The van der Waals surface area contributed by atoms with Crippen molar-refractivity contribution in [3.05, 3.63) is 53.6 Å². The number of H-pyrrole nitrogens is 1. The monoisotopic (exact) mass is 285 g/mol. The largest absolute Gasteiger partial charge is 0.391 e. The Hall–Kier alpha value is -1.65. The maximum atomic E-state index is 10.4. The molecular weight excluding hydrogens is 262 g/mol. The zero-order valence-corrected chi connectivity index (χ0v) is 12.5. The Morgan fingerprint density at radius 3 is 2.86 bits per heavy atom. The van der Waals surface area contributed by atoms with E-state index in [0.29, 0.717) is 0 Å². The first-order chi connectivity index (χ1) is 10.2. The van der Waals surface area contributed by atoms with Crippen molar-refractivity contribution >= 4 is 0 Å². The van der Waals surface area contributed by atoms with Gasteiger partial charge in [0.15, 0.2) is 0 Å². The summed E-state index contributed by atoms with van der Waals surface area (Å²) in [5.41, 5.74) is 2.56. The van der Waals surface area contributed by atoms with E-state index in [0.717, 1.165) is 38.2 Å². The lowest BCUT2D eigenvalue weighted by Gasteiger charge is -2.38. The number of nitrogens with one attached hydrogen (secondary N) is 1. The molecule has 2 aromatic rings. The van der Waals surface area contributed by atoms with Gasteiger partial charge in [0, 0.05) is 18.4 Å². The first-order valence-corrected chi connectivity index (χ1v) is 7.68. The third-order valence-corrected chi connectivity index (χ3v) is 4.33. The summed E-state index contributed by atoms with van der Waals surface area (Å²) in [6, 6.07) is 8.79. The van der Waals surface area contributed by atoms with Gasteiger partial charge in [0.1, 0.15) is 5.82 Å². The van der Waals surface area contributed by atoms with Gasteiger partial charge in [-0.3, -0.25) is 4.90 Å². The smallest absolute Gasteiger partial charge is 0.120 e. The second kappa shape index (κ2) is 6.41. The van der Waals surface area contributed by atoms with Crippen LogP contribution in [0.4, 0.5) is 0 Å². The van der Waals surface area contributed by atoms with Crippen molar-refractivity contribution in [3.8, 4) is 0 Å². The van der Waals surface area contributed by atoms with E-state index < -0.39 is 0 Å². The zero-order chi connectivity index (χ0) is 14.7. The van der Waals surface area contributed by atoms with Crippen LogP contribution in [-0.4, -0.2) is 38.7 Å². The molecule has 0 saturated carbocycles. The molecule has 0 aliphatic carbocycles. The number of aryl methyl sites for hydroxylation is 1. The number of imidazole rings is 1. The maximum Gasteiger partial charge on any atom is 0.120 e. The van der Waals surface area contributed by atoms with Crippen LogP contribution in [0.3, 0.4) is 0 Å². The molecule has 1 aromatic heterocycles. The predicted octanol–water partition coefficient (Wildman–Crippen LogP) is 2.29. The molecule has 1 saturated heterocycles. The summed E-state index contributed by atoms with van der Waals surface area (Å²) in [4.78, 5) is 9.82. The number of piperidine rings is 1. The van der Waals surface area contributed by atoms with Crippen molar-refractivity contribution in [2.45, 2.75) is 44.9 Å². The third-order valence-electron chi connectivity index (χ3n) is 4.33.